The van der Waals surface area contributed by atoms with Crippen molar-refractivity contribution in [2.24, 2.45) is 0 Å². The molecule has 1 aromatic carbocycles. The van der Waals surface area contributed by atoms with Crippen LogP contribution in [0.2, 0.25) is 5.28 Å². The van der Waals surface area contributed by atoms with E-state index in [4.69, 9.17) is 11.6 Å². The molecule has 8 heteroatoms. The Morgan fingerprint density at radius 3 is 2.60 bits per heavy atom. The maximum absolute atomic E-state index is 13.2. The molecule has 20 heavy (non-hydrogen) atoms. The number of nitrogens with zero attached hydrogens (tertiary/aromatic N) is 5. The van der Waals surface area contributed by atoms with Crippen LogP contribution in [0.25, 0.3) is 17.3 Å². The standard InChI is InChI=1S/C12H6ClF2N5/c13-11-17-10(7-1-2-8(14)9(15)5-7)18-12(19-11)20-4-3-16-6-20/h1-6H. The average molecular weight is 294 g/mol. The molecule has 2 heterocycles. The van der Waals surface area contributed by atoms with Gasteiger partial charge in [0.05, 0.1) is 0 Å². The van der Waals surface area contributed by atoms with Gasteiger partial charge < -0.3 is 0 Å². The van der Waals surface area contributed by atoms with Gasteiger partial charge in [0.1, 0.15) is 6.33 Å². The minimum Gasteiger partial charge on any atom is -0.274 e. The van der Waals surface area contributed by atoms with Gasteiger partial charge in [0, 0.05) is 18.0 Å². The van der Waals surface area contributed by atoms with E-state index in [1.165, 1.54) is 17.0 Å². The first-order valence-corrected chi connectivity index (χ1v) is 5.86. The van der Waals surface area contributed by atoms with Crippen molar-refractivity contribution < 1.29 is 8.78 Å². The van der Waals surface area contributed by atoms with E-state index < -0.39 is 11.6 Å². The number of halogens is 3. The van der Waals surface area contributed by atoms with Crippen molar-refractivity contribution in [3.8, 4) is 17.3 Å². The Balaban J connectivity index is 2.12. The Bertz CT molecular complexity index is 761. The highest BCUT2D eigenvalue weighted by molar-refractivity contribution is 6.28. The highest BCUT2D eigenvalue weighted by atomic mass is 35.5. The summed E-state index contributed by atoms with van der Waals surface area (Å²) < 4.78 is 27.7. The minimum absolute atomic E-state index is 0.0524. The van der Waals surface area contributed by atoms with Crippen LogP contribution in [0.4, 0.5) is 8.78 Å². The molecule has 0 spiro atoms. The predicted molar refractivity (Wildman–Crippen MR) is 67.3 cm³/mol. The average Bonchev–Trinajstić information content (AvgIpc) is 2.95. The highest BCUT2D eigenvalue weighted by Crippen LogP contribution is 2.20. The van der Waals surface area contributed by atoms with Gasteiger partial charge in [-0.3, -0.25) is 4.57 Å². The zero-order valence-corrected chi connectivity index (χ0v) is 10.6. The van der Waals surface area contributed by atoms with E-state index in [0.29, 0.717) is 5.56 Å². The molecule has 2 aromatic heterocycles. The molecule has 0 aliphatic heterocycles. The van der Waals surface area contributed by atoms with Gasteiger partial charge in [-0.2, -0.15) is 15.0 Å². The summed E-state index contributed by atoms with van der Waals surface area (Å²) in [6, 6.07) is 3.36. The van der Waals surface area contributed by atoms with Crippen molar-refractivity contribution in [3.63, 3.8) is 0 Å². The van der Waals surface area contributed by atoms with E-state index in [2.05, 4.69) is 19.9 Å². The summed E-state index contributed by atoms with van der Waals surface area (Å²) >= 11 is 5.82. The molecular formula is C12H6ClF2N5. The fourth-order valence-corrected chi connectivity index (χ4v) is 1.75. The molecule has 0 radical (unpaired) electrons. The SMILES string of the molecule is Fc1ccc(-c2nc(Cl)nc(-n3ccnc3)n2)cc1F. The summed E-state index contributed by atoms with van der Waals surface area (Å²) in [7, 11) is 0. The third-order valence-corrected chi connectivity index (χ3v) is 2.68. The van der Waals surface area contributed by atoms with Crippen LogP contribution in [0.1, 0.15) is 0 Å². The number of aromatic nitrogens is 5. The number of hydrogen-bond acceptors (Lipinski definition) is 4. The van der Waals surface area contributed by atoms with Gasteiger partial charge in [-0.1, -0.05) is 0 Å². The minimum atomic E-state index is -0.983. The summed E-state index contributed by atoms with van der Waals surface area (Å²) in [5, 5.41) is -0.0524. The van der Waals surface area contributed by atoms with Crippen LogP contribution in [0, 0.1) is 11.6 Å². The Labute approximate surface area is 116 Å². The van der Waals surface area contributed by atoms with Crippen LogP contribution in [0.15, 0.2) is 36.9 Å². The van der Waals surface area contributed by atoms with Gasteiger partial charge in [-0.05, 0) is 29.8 Å². The molecule has 0 aliphatic rings. The van der Waals surface area contributed by atoms with Crippen molar-refractivity contribution in [1.29, 1.82) is 0 Å². The second-order valence-electron chi connectivity index (χ2n) is 3.83. The van der Waals surface area contributed by atoms with Gasteiger partial charge in [0.2, 0.25) is 11.2 Å². The Hall–Kier alpha value is -2.41. The Morgan fingerprint density at radius 1 is 1.05 bits per heavy atom. The molecule has 3 aromatic rings. The predicted octanol–water partition coefficient (Wildman–Crippen LogP) is 2.66. The molecule has 0 saturated carbocycles. The maximum atomic E-state index is 13.2. The van der Waals surface area contributed by atoms with E-state index in [1.54, 1.807) is 12.4 Å². The van der Waals surface area contributed by atoms with E-state index in [0.717, 1.165) is 12.1 Å². The number of benzene rings is 1. The molecule has 0 unspecified atom stereocenters. The third kappa shape index (κ3) is 2.35. The van der Waals surface area contributed by atoms with Crippen molar-refractivity contribution in [1.82, 2.24) is 24.5 Å². The van der Waals surface area contributed by atoms with Crippen LogP contribution in [0.3, 0.4) is 0 Å². The fraction of sp³-hybridized carbons (Fsp3) is 0. The molecule has 0 amide bonds. The number of hydrogen-bond donors (Lipinski definition) is 0. The van der Waals surface area contributed by atoms with Crippen LogP contribution in [-0.2, 0) is 0 Å². The lowest BCUT2D eigenvalue weighted by molar-refractivity contribution is 0.509. The second-order valence-corrected chi connectivity index (χ2v) is 4.16. The molecule has 5 nitrogen and oxygen atoms in total. The number of imidazole rings is 1. The summed E-state index contributed by atoms with van der Waals surface area (Å²) in [4.78, 5) is 15.9. The summed E-state index contributed by atoms with van der Waals surface area (Å²) in [5.74, 6) is -1.54. The molecule has 0 bridgehead atoms. The first-order chi connectivity index (χ1) is 9.63. The smallest absolute Gasteiger partial charge is 0.239 e. The van der Waals surface area contributed by atoms with Crippen LogP contribution >= 0.6 is 11.6 Å². The van der Waals surface area contributed by atoms with Gasteiger partial charge in [0.15, 0.2) is 17.5 Å². The molecular weight excluding hydrogens is 288 g/mol. The van der Waals surface area contributed by atoms with Crippen LogP contribution < -0.4 is 0 Å². The van der Waals surface area contributed by atoms with Gasteiger partial charge in [-0.15, -0.1) is 0 Å². The Morgan fingerprint density at radius 2 is 1.90 bits per heavy atom. The van der Waals surface area contributed by atoms with Crippen LogP contribution in [-0.4, -0.2) is 24.5 Å². The first kappa shape index (κ1) is 12.6. The van der Waals surface area contributed by atoms with Crippen molar-refractivity contribution in [2.75, 3.05) is 0 Å². The monoisotopic (exact) mass is 293 g/mol. The zero-order valence-electron chi connectivity index (χ0n) is 9.83. The van der Waals surface area contributed by atoms with E-state index >= 15 is 0 Å². The van der Waals surface area contributed by atoms with Crippen molar-refractivity contribution >= 4 is 11.6 Å². The van der Waals surface area contributed by atoms with Crippen molar-refractivity contribution in [2.45, 2.75) is 0 Å². The van der Waals surface area contributed by atoms with Gasteiger partial charge in [0.25, 0.3) is 0 Å². The molecule has 0 N–H and O–H groups in total. The third-order valence-electron chi connectivity index (χ3n) is 2.51. The molecule has 0 fully saturated rings. The van der Waals surface area contributed by atoms with Crippen molar-refractivity contribution in [3.05, 3.63) is 53.8 Å². The summed E-state index contributed by atoms with van der Waals surface area (Å²) in [6.45, 7) is 0. The lowest BCUT2D eigenvalue weighted by Crippen LogP contribution is -2.03. The van der Waals surface area contributed by atoms with E-state index in [9.17, 15) is 8.78 Å². The van der Waals surface area contributed by atoms with Gasteiger partial charge >= 0.3 is 0 Å². The molecule has 0 atom stereocenters. The van der Waals surface area contributed by atoms with E-state index in [1.807, 2.05) is 0 Å². The second kappa shape index (κ2) is 4.93. The summed E-state index contributed by atoms with van der Waals surface area (Å²) in [6.07, 6.45) is 4.66. The quantitative estimate of drug-likeness (QED) is 0.729. The molecule has 3 rings (SSSR count). The number of rotatable bonds is 2. The summed E-state index contributed by atoms with van der Waals surface area (Å²) in [5.41, 5.74) is 0.301. The lowest BCUT2D eigenvalue weighted by Gasteiger charge is -2.05. The largest absolute Gasteiger partial charge is 0.274 e. The fourth-order valence-electron chi connectivity index (χ4n) is 1.60. The normalized spacial score (nSPS) is 10.8. The van der Waals surface area contributed by atoms with E-state index in [-0.39, 0.29) is 17.1 Å². The lowest BCUT2D eigenvalue weighted by atomic mass is 10.2. The molecule has 0 saturated heterocycles. The molecule has 100 valence electrons. The van der Waals surface area contributed by atoms with Gasteiger partial charge in [-0.25, -0.2) is 13.8 Å². The molecule has 0 aliphatic carbocycles. The maximum Gasteiger partial charge on any atom is 0.239 e. The van der Waals surface area contributed by atoms with Crippen LogP contribution in [0.5, 0.6) is 0 Å². The zero-order chi connectivity index (χ0) is 14.1. The first-order valence-electron chi connectivity index (χ1n) is 5.49. The topological polar surface area (TPSA) is 56.5 Å². The Kier molecular flexibility index (Phi) is 3.11. The highest BCUT2D eigenvalue weighted by Gasteiger charge is 2.11.